The minimum atomic E-state index is 0.201. The van der Waals surface area contributed by atoms with Crippen LogP contribution in [0.3, 0.4) is 0 Å². The highest BCUT2D eigenvalue weighted by Gasteiger charge is 2.27. The van der Waals surface area contributed by atoms with Crippen LogP contribution in [0.1, 0.15) is 6.42 Å². The number of hydrogen-bond acceptors (Lipinski definition) is 3. The van der Waals surface area contributed by atoms with Crippen LogP contribution in [-0.2, 0) is 0 Å². The zero-order valence-electron chi connectivity index (χ0n) is 10.7. The van der Waals surface area contributed by atoms with E-state index in [1.807, 2.05) is 24.3 Å². The van der Waals surface area contributed by atoms with Crippen molar-refractivity contribution in [3.63, 3.8) is 0 Å². The monoisotopic (exact) mass is 313 g/mol. The number of rotatable bonds is 5. The van der Waals surface area contributed by atoms with Crippen molar-refractivity contribution in [2.24, 2.45) is 11.8 Å². The van der Waals surface area contributed by atoms with E-state index in [1.165, 1.54) is 0 Å². The van der Waals surface area contributed by atoms with Gasteiger partial charge in [0.15, 0.2) is 0 Å². The summed E-state index contributed by atoms with van der Waals surface area (Å²) in [6.45, 7) is 2.98. The highest BCUT2D eigenvalue weighted by molar-refractivity contribution is 9.10. The van der Waals surface area contributed by atoms with Crippen molar-refractivity contribution in [3.05, 3.63) is 28.7 Å². The van der Waals surface area contributed by atoms with Gasteiger partial charge in [0, 0.05) is 23.5 Å². The molecule has 1 heterocycles. The summed E-state index contributed by atoms with van der Waals surface area (Å²) in [7, 11) is 2.13. The maximum atomic E-state index is 9.50. The molecule has 0 saturated carbocycles. The minimum absolute atomic E-state index is 0.201. The molecule has 100 valence electrons. The number of halogens is 1. The van der Waals surface area contributed by atoms with E-state index < -0.39 is 0 Å². The predicted octanol–water partition coefficient (Wildman–Crippen LogP) is 2.39. The number of hydrogen-bond donors (Lipinski definition) is 1. The van der Waals surface area contributed by atoms with Gasteiger partial charge in [0.2, 0.25) is 0 Å². The zero-order chi connectivity index (χ0) is 13.0. The molecule has 1 aromatic carbocycles. The van der Waals surface area contributed by atoms with Crippen molar-refractivity contribution in [2.45, 2.75) is 6.42 Å². The van der Waals surface area contributed by atoms with Gasteiger partial charge in [-0.15, -0.1) is 0 Å². The summed E-state index contributed by atoms with van der Waals surface area (Å²) in [5.74, 6) is 1.63. The molecule has 1 fully saturated rings. The quantitative estimate of drug-likeness (QED) is 0.906. The van der Waals surface area contributed by atoms with Crippen LogP contribution in [0.15, 0.2) is 28.7 Å². The molecule has 2 atom stereocenters. The van der Waals surface area contributed by atoms with Gasteiger partial charge in [-0.25, -0.2) is 0 Å². The molecule has 3 nitrogen and oxygen atoms in total. The predicted molar refractivity (Wildman–Crippen MR) is 75.8 cm³/mol. The van der Waals surface area contributed by atoms with E-state index in [0.29, 0.717) is 12.5 Å². The van der Waals surface area contributed by atoms with E-state index >= 15 is 0 Å². The van der Waals surface area contributed by atoms with Crippen LogP contribution >= 0.6 is 15.9 Å². The molecule has 0 amide bonds. The van der Waals surface area contributed by atoms with Crippen molar-refractivity contribution in [1.82, 2.24) is 4.90 Å². The normalized spacial score (nSPS) is 22.1. The molecular weight excluding hydrogens is 294 g/mol. The molecule has 2 unspecified atom stereocenters. The number of aliphatic hydroxyl groups excluding tert-OH is 1. The molecule has 0 aliphatic carbocycles. The molecule has 4 heteroatoms. The Morgan fingerprint density at radius 2 is 2.39 bits per heavy atom. The van der Waals surface area contributed by atoms with Crippen LogP contribution in [-0.4, -0.2) is 43.4 Å². The SMILES string of the molecule is CN1CCC(C(CO)COc2cccc(Br)c2)C1. The third kappa shape index (κ3) is 3.70. The Morgan fingerprint density at radius 3 is 3.00 bits per heavy atom. The van der Waals surface area contributed by atoms with E-state index in [2.05, 4.69) is 27.9 Å². The minimum Gasteiger partial charge on any atom is -0.493 e. The average Bonchev–Trinajstić information content (AvgIpc) is 2.77. The Labute approximate surface area is 117 Å². The van der Waals surface area contributed by atoms with Gasteiger partial charge >= 0.3 is 0 Å². The number of ether oxygens (including phenoxy) is 1. The first kappa shape index (κ1) is 13.8. The summed E-state index contributed by atoms with van der Waals surface area (Å²) in [5.41, 5.74) is 0. The fourth-order valence-electron chi connectivity index (χ4n) is 2.45. The molecule has 0 bridgehead atoms. The zero-order valence-corrected chi connectivity index (χ0v) is 12.3. The Balaban J connectivity index is 1.87. The molecule has 0 aromatic heterocycles. The molecule has 0 spiro atoms. The van der Waals surface area contributed by atoms with E-state index in [-0.39, 0.29) is 12.5 Å². The first-order valence-electron chi connectivity index (χ1n) is 6.37. The summed E-state index contributed by atoms with van der Waals surface area (Å²) in [4.78, 5) is 2.31. The van der Waals surface area contributed by atoms with Gasteiger partial charge in [-0.3, -0.25) is 0 Å². The smallest absolute Gasteiger partial charge is 0.120 e. The van der Waals surface area contributed by atoms with Crippen LogP contribution in [0, 0.1) is 11.8 Å². The Bertz CT molecular complexity index is 386. The molecule has 18 heavy (non-hydrogen) atoms. The Morgan fingerprint density at radius 1 is 1.56 bits per heavy atom. The van der Waals surface area contributed by atoms with Crippen LogP contribution in [0.5, 0.6) is 5.75 Å². The summed E-state index contributed by atoms with van der Waals surface area (Å²) in [5, 5.41) is 9.50. The Kier molecular flexibility index (Phi) is 5.03. The highest BCUT2D eigenvalue weighted by Crippen LogP contribution is 2.25. The lowest BCUT2D eigenvalue weighted by Crippen LogP contribution is -2.27. The second-order valence-corrected chi connectivity index (χ2v) is 5.94. The van der Waals surface area contributed by atoms with Crippen molar-refractivity contribution < 1.29 is 9.84 Å². The first-order valence-corrected chi connectivity index (χ1v) is 7.16. The maximum Gasteiger partial charge on any atom is 0.120 e. The maximum absolute atomic E-state index is 9.50. The molecule has 1 aliphatic heterocycles. The summed E-state index contributed by atoms with van der Waals surface area (Å²) < 4.78 is 6.79. The van der Waals surface area contributed by atoms with Crippen LogP contribution < -0.4 is 4.74 Å². The van der Waals surface area contributed by atoms with E-state index in [0.717, 1.165) is 29.7 Å². The number of likely N-dealkylation sites (tertiary alicyclic amines) is 1. The topological polar surface area (TPSA) is 32.7 Å². The number of aliphatic hydroxyl groups is 1. The van der Waals surface area contributed by atoms with Crippen LogP contribution in [0.4, 0.5) is 0 Å². The molecular formula is C14H20BrNO2. The fourth-order valence-corrected chi connectivity index (χ4v) is 2.83. The van der Waals surface area contributed by atoms with E-state index in [9.17, 15) is 5.11 Å². The first-order chi connectivity index (χ1) is 8.69. The van der Waals surface area contributed by atoms with E-state index in [4.69, 9.17) is 4.74 Å². The number of nitrogens with zero attached hydrogens (tertiary/aromatic N) is 1. The average molecular weight is 314 g/mol. The van der Waals surface area contributed by atoms with Gasteiger partial charge in [-0.1, -0.05) is 22.0 Å². The third-order valence-electron chi connectivity index (χ3n) is 3.59. The van der Waals surface area contributed by atoms with Gasteiger partial charge < -0.3 is 14.7 Å². The molecule has 1 N–H and O–H groups in total. The lowest BCUT2D eigenvalue weighted by molar-refractivity contribution is 0.120. The van der Waals surface area contributed by atoms with Crippen molar-refractivity contribution in [2.75, 3.05) is 33.4 Å². The summed E-state index contributed by atoms with van der Waals surface area (Å²) >= 11 is 3.42. The standard InChI is InChI=1S/C14H20BrNO2/c1-16-6-5-11(8-16)12(9-17)10-18-14-4-2-3-13(15)7-14/h2-4,7,11-12,17H,5-6,8-10H2,1H3. The molecule has 0 radical (unpaired) electrons. The number of benzene rings is 1. The fraction of sp³-hybridized carbons (Fsp3) is 0.571. The summed E-state index contributed by atoms with van der Waals surface area (Å²) in [6.07, 6.45) is 1.16. The largest absolute Gasteiger partial charge is 0.493 e. The van der Waals surface area contributed by atoms with Crippen molar-refractivity contribution in [1.29, 1.82) is 0 Å². The molecule has 2 rings (SSSR count). The van der Waals surface area contributed by atoms with E-state index in [1.54, 1.807) is 0 Å². The van der Waals surface area contributed by atoms with Gasteiger partial charge in [0.25, 0.3) is 0 Å². The van der Waals surface area contributed by atoms with Gasteiger partial charge in [-0.05, 0) is 44.1 Å². The molecule has 1 aliphatic rings. The second kappa shape index (κ2) is 6.55. The van der Waals surface area contributed by atoms with Crippen LogP contribution in [0.25, 0.3) is 0 Å². The lowest BCUT2D eigenvalue weighted by Gasteiger charge is -2.21. The summed E-state index contributed by atoms with van der Waals surface area (Å²) in [6, 6.07) is 7.83. The van der Waals surface area contributed by atoms with Gasteiger partial charge in [0.05, 0.1) is 6.61 Å². The van der Waals surface area contributed by atoms with Crippen molar-refractivity contribution in [3.8, 4) is 5.75 Å². The molecule has 1 saturated heterocycles. The van der Waals surface area contributed by atoms with Gasteiger partial charge in [-0.2, -0.15) is 0 Å². The Hall–Kier alpha value is -0.580. The molecule has 1 aromatic rings. The van der Waals surface area contributed by atoms with Gasteiger partial charge in [0.1, 0.15) is 5.75 Å². The third-order valence-corrected chi connectivity index (χ3v) is 4.08. The lowest BCUT2D eigenvalue weighted by atomic mass is 9.93. The second-order valence-electron chi connectivity index (χ2n) is 5.02. The highest BCUT2D eigenvalue weighted by atomic mass is 79.9. The van der Waals surface area contributed by atoms with Crippen LogP contribution in [0.2, 0.25) is 0 Å². The van der Waals surface area contributed by atoms with Crippen molar-refractivity contribution >= 4 is 15.9 Å².